The average molecular weight is 453 g/mol. The van der Waals surface area contributed by atoms with Gasteiger partial charge in [0.15, 0.2) is 0 Å². The SMILES string of the molecule is CC(C)N1CCC(N2CCOCCOc3ccc(C(=O)O)cc3Cc3cccc(c3)C2)CC1. The number of benzene rings is 2. The molecule has 2 aliphatic rings. The zero-order valence-corrected chi connectivity index (χ0v) is 19.8. The van der Waals surface area contributed by atoms with Gasteiger partial charge in [0.1, 0.15) is 12.4 Å². The number of likely N-dealkylation sites (tertiary alicyclic amines) is 1. The molecule has 0 atom stereocenters. The van der Waals surface area contributed by atoms with Crippen LogP contribution in [0, 0.1) is 0 Å². The van der Waals surface area contributed by atoms with Crippen LogP contribution < -0.4 is 4.74 Å². The highest BCUT2D eigenvalue weighted by molar-refractivity contribution is 5.88. The third-order valence-electron chi connectivity index (χ3n) is 6.83. The van der Waals surface area contributed by atoms with Crippen LogP contribution in [0.4, 0.5) is 0 Å². The fourth-order valence-electron chi connectivity index (χ4n) is 4.94. The lowest BCUT2D eigenvalue weighted by molar-refractivity contribution is 0.0431. The fraction of sp³-hybridized carbons (Fsp3) is 0.519. The van der Waals surface area contributed by atoms with Crippen molar-refractivity contribution in [1.82, 2.24) is 9.80 Å². The number of carbonyl (C=O) groups is 1. The molecule has 0 unspecified atom stereocenters. The van der Waals surface area contributed by atoms with Crippen molar-refractivity contribution in [3.8, 4) is 5.75 Å². The molecule has 0 saturated carbocycles. The number of fused-ring (bicyclic) bond motifs is 3. The molecule has 6 heteroatoms. The van der Waals surface area contributed by atoms with Crippen LogP contribution >= 0.6 is 0 Å². The van der Waals surface area contributed by atoms with E-state index in [4.69, 9.17) is 9.47 Å². The molecule has 4 rings (SSSR count). The van der Waals surface area contributed by atoms with Crippen LogP contribution in [0.25, 0.3) is 0 Å². The third kappa shape index (κ3) is 6.34. The fourth-order valence-corrected chi connectivity index (χ4v) is 4.94. The van der Waals surface area contributed by atoms with Crippen molar-refractivity contribution in [3.63, 3.8) is 0 Å². The van der Waals surface area contributed by atoms with Crippen molar-refractivity contribution in [3.05, 3.63) is 64.7 Å². The van der Waals surface area contributed by atoms with Gasteiger partial charge in [-0.15, -0.1) is 0 Å². The van der Waals surface area contributed by atoms with Crippen LogP contribution in [-0.4, -0.2) is 72.4 Å². The molecule has 1 saturated heterocycles. The van der Waals surface area contributed by atoms with Crippen LogP contribution in [0.2, 0.25) is 0 Å². The summed E-state index contributed by atoms with van der Waals surface area (Å²) in [7, 11) is 0. The van der Waals surface area contributed by atoms with Gasteiger partial charge in [0.25, 0.3) is 0 Å². The molecule has 6 nitrogen and oxygen atoms in total. The third-order valence-corrected chi connectivity index (χ3v) is 6.83. The van der Waals surface area contributed by atoms with Crippen LogP contribution in [0.5, 0.6) is 5.75 Å². The first-order valence-corrected chi connectivity index (χ1v) is 12.1. The molecule has 1 N–H and O–H groups in total. The minimum absolute atomic E-state index is 0.282. The van der Waals surface area contributed by atoms with Crippen LogP contribution in [-0.2, 0) is 17.7 Å². The standard InChI is InChI=1S/C27H36N2O4/c1-20(2)28-10-8-25(9-11-28)29-12-13-32-14-15-33-26-7-6-23(27(30)31)18-24(26)17-21-4-3-5-22(16-21)19-29/h3-7,16,18,20,25H,8-15,17,19H2,1-2H3,(H,30,31). The van der Waals surface area contributed by atoms with Crippen molar-refractivity contribution in [1.29, 1.82) is 0 Å². The van der Waals surface area contributed by atoms with Gasteiger partial charge in [-0.25, -0.2) is 4.79 Å². The Morgan fingerprint density at radius 2 is 1.79 bits per heavy atom. The zero-order valence-electron chi connectivity index (χ0n) is 19.8. The molecular weight excluding hydrogens is 416 g/mol. The summed E-state index contributed by atoms with van der Waals surface area (Å²) >= 11 is 0. The maximum Gasteiger partial charge on any atom is 0.335 e. The van der Waals surface area contributed by atoms with Gasteiger partial charge in [0.05, 0.1) is 18.8 Å². The van der Waals surface area contributed by atoms with Crippen molar-refractivity contribution >= 4 is 5.97 Å². The Balaban J connectivity index is 1.55. The number of rotatable bonds is 3. The van der Waals surface area contributed by atoms with E-state index in [1.807, 2.05) is 0 Å². The molecule has 0 radical (unpaired) electrons. The van der Waals surface area contributed by atoms with Gasteiger partial charge in [0.2, 0.25) is 0 Å². The minimum atomic E-state index is -0.923. The second-order valence-electron chi connectivity index (χ2n) is 9.42. The molecule has 0 aliphatic carbocycles. The Morgan fingerprint density at radius 3 is 2.55 bits per heavy atom. The van der Waals surface area contributed by atoms with E-state index >= 15 is 0 Å². The van der Waals surface area contributed by atoms with E-state index in [0.29, 0.717) is 38.3 Å². The second-order valence-corrected chi connectivity index (χ2v) is 9.42. The van der Waals surface area contributed by atoms with Crippen molar-refractivity contribution < 1.29 is 19.4 Å². The molecule has 0 aromatic heterocycles. The lowest BCUT2D eigenvalue weighted by Gasteiger charge is -2.40. The summed E-state index contributed by atoms with van der Waals surface area (Å²) < 4.78 is 11.9. The quantitative estimate of drug-likeness (QED) is 0.758. The van der Waals surface area contributed by atoms with Gasteiger partial charge in [-0.1, -0.05) is 24.3 Å². The monoisotopic (exact) mass is 452 g/mol. The highest BCUT2D eigenvalue weighted by atomic mass is 16.5. The summed E-state index contributed by atoms with van der Waals surface area (Å²) in [5, 5.41) is 9.43. The molecule has 2 aromatic rings. The number of ether oxygens (including phenoxy) is 2. The predicted molar refractivity (Wildman–Crippen MR) is 129 cm³/mol. The molecule has 178 valence electrons. The first kappa shape index (κ1) is 23.7. The second kappa shape index (κ2) is 11.1. The Kier molecular flexibility index (Phi) is 8.02. The summed E-state index contributed by atoms with van der Waals surface area (Å²) in [6.45, 7) is 10.3. The van der Waals surface area contributed by atoms with Crippen molar-refractivity contribution in [2.24, 2.45) is 0 Å². The number of carboxylic acid groups (broad SMARTS) is 1. The largest absolute Gasteiger partial charge is 0.491 e. The topological polar surface area (TPSA) is 62.2 Å². The Morgan fingerprint density at radius 1 is 1.00 bits per heavy atom. The van der Waals surface area contributed by atoms with Gasteiger partial charge in [0, 0.05) is 31.6 Å². The summed E-state index contributed by atoms with van der Waals surface area (Å²) in [6.07, 6.45) is 3.01. The van der Waals surface area contributed by atoms with Gasteiger partial charge in [-0.3, -0.25) is 4.90 Å². The molecule has 0 amide bonds. The molecule has 2 heterocycles. The summed E-state index contributed by atoms with van der Waals surface area (Å²) in [4.78, 5) is 16.6. The van der Waals surface area contributed by atoms with Gasteiger partial charge in [-0.05, 0) is 74.7 Å². The Hall–Kier alpha value is -2.41. The maximum atomic E-state index is 11.5. The molecule has 33 heavy (non-hydrogen) atoms. The highest BCUT2D eigenvalue weighted by Crippen LogP contribution is 2.25. The first-order valence-electron chi connectivity index (χ1n) is 12.1. The van der Waals surface area contributed by atoms with E-state index in [1.165, 1.54) is 24.0 Å². The lowest BCUT2D eigenvalue weighted by atomic mass is 9.98. The van der Waals surface area contributed by atoms with E-state index in [0.717, 1.165) is 37.5 Å². The summed E-state index contributed by atoms with van der Waals surface area (Å²) in [6, 6.07) is 14.9. The zero-order chi connectivity index (χ0) is 23.2. The number of carboxylic acids is 1. The van der Waals surface area contributed by atoms with Crippen LogP contribution in [0.15, 0.2) is 42.5 Å². The smallest absolute Gasteiger partial charge is 0.335 e. The van der Waals surface area contributed by atoms with Crippen molar-refractivity contribution in [2.45, 2.75) is 51.7 Å². The Labute approximate surface area is 197 Å². The van der Waals surface area contributed by atoms with Gasteiger partial charge in [-0.2, -0.15) is 0 Å². The Bertz CT molecular complexity index is 937. The summed E-state index contributed by atoms with van der Waals surface area (Å²) in [5.74, 6) is -0.196. The lowest BCUT2D eigenvalue weighted by Crippen LogP contribution is -2.47. The van der Waals surface area contributed by atoms with E-state index in [1.54, 1.807) is 18.2 Å². The molecule has 2 bridgehead atoms. The highest BCUT2D eigenvalue weighted by Gasteiger charge is 2.26. The first-order chi connectivity index (χ1) is 16.0. The minimum Gasteiger partial charge on any atom is -0.491 e. The molecule has 0 spiro atoms. The van der Waals surface area contributed by atoms with Crippen LogP contribution in [0.3, 0.4) is 0 Å². The van der Waals surface area contributed by atoms with E-state index in [9.17, 15) is 9.90 Å². The normalized spacial score (nSPS) is 19.5. The number of aromatic carboxylic acids is 1. The maximum absolute atomic E-state index is 11.5. The van der Waals surface area contributed by atoms with Crippen LogP contribution in [0.1, 0.15) is 53.7 Å². The van der Waals surface area contributed by atoms with Gasteiger partial charge >= 0.3 is 5.97 Å². The number of nitrogens with zero attached hydrogens (tertiary/aromatic N) is 2. The summed E-state index contributed by atoms with van der Waals surface area (Å²) in [5.41, 5.74) is 3.63. The number of hydrogen-bond donors (Lipinski definition) is 1. The van der Waals surface area contributed by atoms with Gasteiger partial charge < -0.3 is 19.5 Å². The molecular formula is C27H36N2O4. The number of piperidine rings is 1. The average Bonchev–Trinajstić information content (AvgIpc) is 2.81. The molecule has 2 aliphatic heterocycles. The number of hydrogen-bond acceptors (Lipinski definition) is 5. The predicted octanol–water partition coefficient (Wildman–Crippen LogP) is 4.06. The molecule has 1 fully saturated rings. The van der Waals surface area contributed by atoms with Crippen molar-refractivity contribution in [2.75, 3.05) is 39.5 Å². The van der Waals surface area contributed by atoms with E-state index in [2.05, 4.69) is 47.9 Å². The van der Waals surface area contributed by atoms with E-state index in [-0.39, 0.29) is 5.56 Å². The van der Waals surface area contributed by atoms with E-state index < -0.39 is 5.97 Å². The molecule has 2 aromatic carbocycles.